The Labute approximate surface area is 335 Å². The molecule has 10 aromatic carbocycles. The van der Waals surface area contributed by atoms with E-state index in [1.54, 1.807) is 0 Å². The third kappa shape index (κ3) is 4.43. The second-order valence-electron chi connectivity index (χ2n) is 15.7. The fraction of sp³-hybridized carbons (Fsp3) is 0. The van der Waals surface area contributed by atoms with Crippen molar-refractivity contribution in [1.29, 1.82) is 0 Å². The van der Waals surface area contributed by atoms with Gasteiger partial charge in [0.05, 0.1) is 22.1 Å². The van der Waals surface area contributed by atoms with Gasteiger partial charge in [-0.25, -0.2) is 0 Å². The van der Waals surface area contributed by atoms with E-state index in [-0.39, 0.29) is 0 Å². The molecule has 0 spiro atoms. The van der Waals surface area contributed by atoms with Gasteiger partial charge in [0, 0.05) is 38.3 Å². The smallest absolute Gasteiger partial charge is 0.0619 e. The molecule has 0 atom stereocenters. The van der Waals surface area contributed by atoms with Crippen LogP contribution >= 0.6 is 0 Å². The lowest BCUT2D eigenvalue weighted by atomic mass is 10.00. The van der Waals surface area contributed by atoms with E-state index < -0.39 is 0 Å². The Kier molecular flexibility index (Phi) is 6.47. The predicted octanol–water partition coefficient (Wildman–Crippen LogP) is 15.2. The molecule has 0 aliphatic heterocycles. The van der Waals surface area contributed by atoms with Gasteiger partial charge in [0.1, 0.15) is 0 Å². The van der Waals surface area contributed by atoms with E-state index in [4.69, 9.17) is 0 Å². The minimum atomic E-state index is 1.16. The second kappa shape index (κ2) is 11.9. The van der Waals surface area contributed by atoms with Crippen LogP contribution in [0.15, 0.2) is 206 Å². The molecular weight excluding hydrogens is 701 g/mol. The Balaban J connectivity index is 0.991. The van der Waals surface area contributed by atoms with E-state index >= 15 is 0 Å². The molecular formula is C56H34N2. The Morgan fingerprint density at radius 2 is 0.862 bits per heavy atom. The molecule has 2 heteroatoms. The first kappa shape index (κ1) is 31.5. The van der Waals surface area contributed by atoms with Crippen molar-refractivity contribution in [1.82, 2.24) is 9.13 Å². The van der Waals surface area contributed by atoms with Gasteiger partial charge in [-0.2, -0.15) is 0 Å². The van der Waals surface area contributed by atoms with Gasteiger partial charge in [0.15, 0.2) is 0 Å². The van der Waals surface area contributed by atoms with Crippen molar-refractivity contribution >= 4 is 65.2 Å². The molecule has 0 saturated carbocycles. The Hall–Kier alpha value is -7.68. The summed E-state index contributed by atoms with van der Waals surface area (Å²) in [4.78, 5) is 0. The van der Waals surface area contributed by atoms with Gasteiger partial charge in [0.25, 0.3) is 0 Å². The number of aromatic nitrogens is 2. The summed E-state index contributed by atoms with van der Waals surface area (Å²) >= 11 is 0. The minimum absolute atomic E-state index is 1.16. The number of fused-ring (bicyclic) bond motifs is 11. The van der Waals surface area contributed by atoms with Crippen molar-refractivity contribution in [2.75, 3.05) is 0 Å². The molecule has 0 bridgehead atoms. The third-order valence-electron chi connectivity index (χ3n) is 12.6. The number of hydrogen-bond donors (Lipinski definition) is 0. The molecule has 58 heavy (non-hydrogen) atoms. The van der Waals surface area contributed by atoms with Crippen molar-refractivity contribution < 1.29 is 0 Å². The summed E-state index contributed by atoms with van der Waals surface area (Å²) in [5, 5.41) is 10.2. The van der Waals surface area contributed by atoms with Gasteiger partial charge in [-0.05, 0) is 115 Å². The largest absolute Gasteiger partial charge is 0.309 e. The minimum Gasteiger partial charge on any atom is -0.309 e. The maximum atomic E-state index is 2.47. The van der Waals surface area contributed by atoms with Gasteiger partial charge in [-0.1, -0.05) is 152 Å². The monoisotopic (exact) mass is 734 g/mol. The quantitative estimate of drug-likeness (QED) is 0.170. The summed E-state index contributed by atoms with van der Waals surface area (Å²) in [5.74, 6) is 0. The van der Waals surface area contributed by atoms with Crippen LogP contribution in [0.1, 0.15) is 0 Å². The molecule has 2 nitrogen and oxygen atoms in total. The number of nitrogens with zero attached hydrogens (tertiary/aromatic N) is 2. The van der Waals surface area contributed by atoms with E-state index in [0.717, 1.165) is 5.69 Å². The highest BCUT2D eigenvalue weighted by Gasteiger charge is 2.23. The summed E-state index contributed by atoms with van der Waals surface area (Å²) in [6.07, 6.45) is 0. The van der Waals surface area contributed by atoms with E-state index in [1.165, 1.54) is 115 Å². The highest BCUT2D eigenvalue weighted by Crippen LogP contribution is 2.48. The van der Waals surface area contributed by atoms with Gasteiger partial charge in [-0.3, -0.25) is 0 Å². The molecule has 1 aliphatic carbocycles. The van der Waals surface area contributed by atoms with E-state index in [1.807, 2.05) is 0 Å². The first-order valence-corrected chi connectivity index (χ1v) is 20.1. The fourth-order valence-electron chi connectivity index (χ4n) is 10.0. The number of para-hydroxylation sites is 1. The molecule has 0 radical (unpaired) electrons. The molecule has 2 aromatic heterocycles. The maximum Gasteiger partial charge on any atom is 0.0619 e. The van der Waals surface area contributed by atoms with Gasteiger partial charge in [0.2, 0.25) is 0 Å². The van der Waals surface area contributed by atoms with Crippen molar-refractivity contribution in [2.24, 2.45) is 0 Å². The zero-order valence-corrected chi connectivity index (χ0v) is 31.5. The Bertz CT molecular complexity index is 3670. The van der Waals surface area contributed by atoms with Crippen LogP contribution < -0.4 is 0 Å². The van der Waals surface area contributed by atoms with Gasteiger partial charge in [-0.15, -0.1) is 0 Å². The summed E-state index contributed by atoms with van der Waals surface area (Å²) < 4.78 is 4.92. The van der Waals surface area contributed by atoms with Crippen molar-refractivity contribution in [2.45, 2.75) is 0 Å². The molecule has 0 unspecified atom stereocenters. The SMILES string of the molecule is c1ccc(-c2cccc(-n3c4ccc(-c5ccc6c(c5)c5ccccc5n6-c5ccc6c(c5)-c5cccc7cccc-6c57)cc4c4ccc5ccccc5c43)c2)cc1. The molecule has 12 aromatic rings. The normalized spacial score (nSPS) is 12.1. The van der Waals surface area contributed by atoms with Crippen LogP contribution in [0.25, 0.3) is 121 Å². The van der Waals surface area contributed by atoms with Crippen molar-refractivity contribution in [3.8, 4) is 55.9 Å². The molecule has 2 heterocycles. The molecule has 268 valence electrons. The van der Waals surface area contributed by atoms with Crippen molar-refractivity contribution in [3.63, 3.8) is 0 Å². The molecule has 1 aliphatic rings. The zero-order chi connectivity index (χ0) is 37.9. The van der Waals surface area contributed by atoms with Crippen LogP contribution in [0.2, 0.25) is 0 Å². The van der Waals surface area contributed by atoms with Gasteiger partial charge >= 0.3 is 0 Å². The van der Waals surface area contributed by atoms with Crippen LogP contribution in [0.5, 0.6) is 0 Å². The fourth-order valence-corrected chi connectivity index (χ4v) is 10.0. The van der Waals surface area contributed by atoms with Gasteiger partial charge < -0.3 is 9.13 Å². The zero-order valence-electron chi connectivity index (χ0n) is 31.5. The average molecular weight is 735 g/mol. The van der Waals surface area contributed by atoms with Crippen LogP contribution in [-0.4, -0.2) is 9.13 Å². The summed E-state index contributed by atoms with van der Waals surface area (Å²) in [7, 11) is 0. The second-order valence-corrected chi connectivity index (χ2v) is 15.7. The van der Waals surface area contributed by atoms with E-state index in [0.29, 0.717) is 0 Å². The van der Waals surface area contributed by atoms with Crippen LogP contribution in [0, 0.1) is 0 Å². The molecule has 0 fully saturated rings. The summed E-state index contributed by atoms with van der Waals surface area (Å²) in [5.41, 5.74) is 17.3. The summed E-state index contributed by atoms with van der Waals surface area (Å²) in [6, 6.07) is 76.3. The van der Waals surface area contributed by atoms with E-state index in [9.17, 15) is 0 Å². The highest BCUT2D eigenvalue weighted by molar-refractivity contribution is 6.20. The van der Waals surface area contributed by atoms with Crippen molar-refractivity contribution in [3.05, 3.63) is 206 Å². The third-order valence-corrected chi connectivity index (χ3v) is 12.6. The topological polar surface area (TPSA) is 9.86 Å². The molecule has 0 amide bonds. The Morgan fingerprint density at radius 1 is 0.259 bits per heavy atom. The average Bonchev–Trinajstić information content (AvgIpc) is 3.93. The Morgan fingerprint density at radius 3 is 1.69 bits per heavy atom. The highest BCUT2D eigenvalue weighted by atomic mass is 15.0. The lowest BCUT2D eigenvalue weighted by Gasteiger charge is -2.12. The number of benzene rings is 10. The lowest BCUT2D eigenvalue weighted by Crippen LogP contribution is -1.95. The maximum absolute atomic E-state index is 2.47. The van der Waals surface area contributed by atoms with E-state index in [2.05, 4.69) is 215 Å². The molecule has 13 rings (SSSR count). The first-order valence-electron chi connectivity index (χ1n) is 20.1. The molecule has 0 saturated heterocycles. The number of rotatable bonds is 4. The van der Waals surface area contributed by atoms with Crippen LogP contribution in [0.3, 0.4) is 0 Å². The van der Waals surface area contributed by atoms with Crippen LogP contribution in [0.4, 0.5) is 0 Å². The summed E-state index contributed by atoms with van der Waals surface area (Å²) in [6.45, 7) is 0. The first-order chi connectivity index (χ1) is 28.8. The lowest BCUT2D eigenvalue weighted by molar-refractivity contribution is 1.18. The predicted molar refractivity (Wildman–Crippen MR) is 245 cm³/mol. The standard InChI is InChI=1S/C56H34N2/c1-2-11-35(12-3-1)38-16-8-17-41(31-38)58-54-30-25-40(33-51(54)48-27-23-36-13-4-5-18-43(36)56(48)58)39-24-29-53-50(32-39)45-19-6-7-22-52(45)57(53)42-26-28-44-46-20-9-14-37-15-10-21-47(55(37)46)49(44)34-42/h1-34H. The number of hydrogen-bond acceptors (Lipinski definition) is 0. The van der Waals surface area contributed by atoms with Crippen LogP contribution in [-0.2, 0) is 0 Å². The molecule has 0 N–H and O–H groups in total.